The Kier molecular flexibility index (Phi) is 3.25. The molecule has 0 atom stereocenters. The molecule has 0 aromatic carbocycles. The Labute approximate surface area is 77.3 Å². The Morgan fingerprint density at radius 1 is 1.85 bits per heavy atom. The van der Waals surface area contributed by atoms with Gasteiger partial charge in [-0.15, -0.1) is 0 Å². The van der Waals surface area contributed by atoms with Gasteiger partial charge in [-0.25, -0.2) is 4.98 Å². The van der Waals surface area contributed by atoms with Crippen LogP contribution in [0.4, 0.5) is 0 Å². The van der Waals surface area contributed by atoms with Crippen molar-refractivity contribution in [2.24, 2.45) is 0 Å². The number of H-pyrrole nitrogens is 1. The van der Waals surface area contributed by atoms with E-state index in [4.69, 9.17) is 0 Å². The molecule has 4 nitrogen and oxygen atoms in total. The number of amides is 1. The molecule has 70 valence electrons. The molecule has 0 fully saturated rings. The highest BCUT2D eigenvalue weighted by Crippen LogP contribution is 1.93. The number of rotatable bonds is 4. The molecule has 0 bridgehead atoms. The van der Waals surface area contributed by atoms with Crippen molar-refractivity contribution in [3.8, 4) is 0 Å². The van der Waals surface area contributed by atoms with Gasteiger partial charge in [0, 0.05) is 32.4 Å². The fourth-order valence-electron chi connectivity index (χ4n) is 0.974. The van der Waals surface area contributed by atoms with Gasteiger partial charge in [0.15, 0.2) is 0 Å². The molecule has 0 unspecified atom stereocenters. The van der Waals surface area contributed by atoms with Gasteiger partial charge in [0.2, 0.25) is 5.91 Å². The number of hydrogen-bond acceptors (Lipinski definition) is 2. The smallest absolute Gasteiger partial charge is 0.245 e. The number of likely N-dealkylation sites (N-methyl/N-ethyl adjacent to an activating group) is 1. The van der Waals surface area contributed by atoms with E-state index in [1.807, 2.05) is 0 Å². The summed E-state index contributed by atoms with van der Waals surface area (Å²) in [5.74, 6) is 0.829. The molecule has 1 N–H and O–H groups in total. The minimum absolute atomic E-state index is 0.0634. The van der Waals surface area contributed by atoms with Crippen molar-refractivity contribution in [3.63, 3.8) is 0 Å². The van der Waals surface area contributed by atoms with E-state index in [2.05, 4.69) is 16.5 Å². The third-order valence-corrected chi connectivity index (χ3v) is 1.79. The third kappa shape index (κ3) is 2.74. The van der Waals surface area contributed by atoms with Gasteiger partial charge >= 0.3 is 0 Å². The van der Waals surface area contributed by atoms with Crippen LogP contribution in [0, 0.1) is 0 Å². The first-order valence-corrected chi connectivity index (χ1v) is 4.10. The van der Waals surface area contributed by atoms with Crippen LogP contribution in [0.2, 0.25) is 0 Å². The van der Waals surface area contributed by atoms with Crippen LogP contribution >= 0.6 is 0 Å². The lowest BCUT2D eigenvalue weighted by atomic mass is 10.3. The fourth-order valence-corrected chi connectivity index (χ4v) is 0.974. The zero-order chi connectivity index (χ0) is 9.68. The Morgan fingerprint density at radius 2 is 2.62 bits per heavy atom. The topological polar surface area (TPSA) is 49.0 Å². The predicted molar refractivity (Wildman–Crippen MR) is 50.1 cm³/mol. The molecule has 0 saturated carbocycles. The van der Waals surface area contributed by atoms with Gasteiger partial charge in [-0.05, 0) is 6.08 Å². The molecule has 0 saturated heterocycles. The lowest BCUT2D eigenvalue weighted by Gasteiger charge is -2.13. The van der Waals surface area contributed by atoms with Crippen LogP contribution in [0.15, 0.2) is 25.0 Å². The van der Waals surface area contributed by atoms with Crippen molar-refractivity contribution in [3.05, 3.63) is 30.9 Å². The molecule has 1 rings (SSSR count). The van der Waals surface area contributed by atoms with E-state index >= 15 is 0 Å². The largest absolute Gasteiger partial charge is 0.349 e. The average molecular weight is 179 g/mol. The zero-order valence-electron chi connectivity index (χ0n) is 7.66. The van der Waals surface area contributed by atoms with E-state index in [-0.39, 0.29) is 5.91 Å². The van der Waals surface area contributed by atoms with E-state index in [0.29, 0.717) is 6.54 Å². The molecule has 0 spiro atoms. The first-order chi connectivity index (χ1) is 6.24. The maximum Gasteiger partial charge on any atom is 0.245 e. The first-order valence-electron chi connectivity index (χ1n) is 4.10. The highest BCUT2D eigenvalue weighted by molar-refractivity contribution is 5.86. The van der Waals surface area contributed by atoms with Crippen LogP contribution in [-0.2, 0) is 11.2 Å². The first kappa shape index (κ1) is 9.51. The summed E-state index contributed by atoms with van der Waals surface area (Å²) >= 11 is 0. The average Bonchev–Trinajstić information content (AvgIpc) is 2.65. The summed E-state index contributed by atoms with van der Waals surface area (Å²) in [5.41, 5.74) is 0. The number of aromatic amines is 1. The molecular weight excluding hydrogens is 166 g/mol. The van der Waals surface area contributed by atoms with Crippen molar-refractivity contribution in [1.29, 1.82) is 0 Å². The second-order valence-electron chi connectivity index (χ2n) is 2.75. The fraction of sp³-hybridized carbons (Fsp3) is 0.333. The minimum atomic E-state index is -0.0634. The van der Waals surface area contributed by atoms with E-state index in [1.54, 1.807) is 24.3 Å². The number of nitrogens with zero attached hydrogens (tertiary/aromatic N) is 2. The summed E-state index contributed by atoms with van der Waals surface area (Å²) in [6, 6.07) is 0. The van der Waals surface area contributed by atoms with Crippen LogP contribution in [0.5, 0.6) is 0 Å². The van der Waals surface area contributed by atoms with Gasteiger partial charge in [-0.3, -0.25) is 4.79 Å². The molecule has 4 heteroatoms. The van der Waals surface area contributed by atoms with Gasteiger partial charge in [-0.1, -0.05) is 6.58 Å². The lowest BCUT2D eigenvalue weighted by molar-refractivity contribution is -0.124. The lowest BCUT2D eigenvalue weighted by Crippen LogP contribution is -2.27. The quantitative estimate of drug-likeness (QED) is 0.688. The summed E-state index contributed by atoms with van der Waals surface area (Å²) in [6.07, 6.45) is 5.51. The van der Waals surface area contributed by atoms with Gasteiger partial charge in [0.25, 0.3) is 0 Å². The summed E-state index contributed by atoms with van der Waals surface area (Å²) in [4.78, 5) is 19.7. The standard InChI is InChI=1S/C9H13N3O/c1-3-9(13)12(2)7-4-8-10-5-6-11-8/h3,5-6H,1,4,7H2,2H3,(H,10,11). The van der Waals surface area contributed by atoms with Crippen LogP contribution < -0.4 is 0 Å². The van der Waals surface area contributed by atoms with Crippen LogP contribution in [-0.4, -0.2) is 34.4 Å². The molecule has 0 radical (unpaired) electrons. The van der Waals surface area contributed by atoms with Gasteiger partial charge in [0.05, 0.1) is 0 Å². The molecule has 1 aromatic rings. The van der Waals surface area contributed by atoms with E-state index in [9.17, 15) is 4.79 Å². The number of aromatic nitrogens is 2. The molecule has 13 heavy (non-hydrogen) atoms. The second kappa shape index (κ2) is 4.45. The van der Waals surface area contributed by atoms with Crippen LogP contribution in [0.1, 0.15) is 5.82 Å². The van der Waals surface area contributed by atoms with Crippen molar-refractivity contribution < 1.29 is 4.79 Å². The molecule has 0 aliphatic heterocycles. The van der Waals surface area contributed by atoms with Crippen molar-refractivity contribution >= 4 is 5.91 Å². The predicted octanol–water partition coefficient (Wildman–Crippen LogP) is 0.597. The number of carbonyl (C=O) groups excluding carboxylic acids is 1. The second-order valence-corrected chi connectivity index (χ2v) is 2.75. The minimum Gasteiger partial charge on any atom is -0.349 e. The zero-order valence-corrected chi connectivity index (χ0v) is 7.66. The normalized spacial score (nSPS) is 9.62. The third-order valence-electron chi connectivity index (χ3n) is 1.79. The number of carbonyl (C=O) groups is 1. The van der Waals surface area contributed by atoms with Crippen molar-refractivity contribution in [2.45, 2.75) is 6.42 Å². The molecule has 1 amide bonds. The summed E-state index contributed by atoms with van der Waals surface area (Å²) < 4.78 is 0. The number of hydrogen-bond donors (Lipinski definition) is 1. The summed E-state index contributed by atoms with van der Waals surface area (Å²) in [6.45, 7) is 4.06. The summed E-state index contributed by atoms with van der Waals surface area (Å²) in [5, 5.41) is 0. The van der Waals surface area contributed by atoms with E-state index in [0.717, 1.165) is 12.2 Å². The van der Waals surface area contributed by atoms with Gasteiger partial charge < -0.3 is 9.88 Å². The summed E-state index contributed by atoms with van der Waals surface area (Å²) in [7, 11) is 1.74. The van der Waals surface area contributed by atoms with Crippen LogP contribution in [0.3, 0.4) is 0 Å². The SMILES string of the molecule is C=CC(=O)N(C)CCc1ncc[nH]1. The van der Waals surface area contributed by atoms with Crippen molar-refractivity contribution in [2.75, 3.05) is 13.6 Å². The van der Waals surface area contributed by atoms with E-state index < -0.39 is 0 Å². The molecule has 1 aromatic heterocycles. The Hall–Kier alpha value is -1.58. The molecular formula is C9H13N3O. The maximum absolute atomic E-state index is 11.0. The van der Waals surface area contributed by atoms with Gasteiger partial charge in [0.1, 0.15) is 5.82 Å². The molecule has 0 aliphatic carbocycles. The van der Waals surface area contributed by atoms with Crippen molar-refractivity contribution in [1.82, 2.24) is 14.9 Å². The highest BCUT2D eigenvalue weighted by atomic mass is 16.2. The number of imidazole rings is 1. The number of nitrogens with one attached hydrogen (secondary N) is 1. The van der Waals surface area contributed by atoms with E-state index in [1.165, 1.54) is 6.08 Å². The Morgan fingerprint density at radius 3 is 3.15 bits per heavy atom. The Bertz CT molecular complexity index is 279. The molecule has 1 heterocycles. The Balaban J connectivity index is 2.34. The molecule has 0 aliphatic rings. The van der Waals surface area contributed by atoms with Crippen LogP contribution in [0.25, 0.3) is 0 Å². The maximum atomic E-state index is 11.0. The van der Waals surface area contributed by atoms with Gasteiger partial charge in [-0.2, -0.15) is 0 Å². The monoisotopic (exact) mass is 179 g/mol. The highest BCUT2D eigenvalue weighted by Gasteiger charge is 2.04.